The lowest BCUT2D eigenvalue weighted by Gasteiger charge is -2.50. The summed E-state index contributed by atoms with van der Waals surface area (Å²) in [6.45, 7) is 9.10. The number of carbonyl (C=O) groups is 2. The topological polar surface area (TPSA) is 95.9 Å². The first kappa shape index (κ1) is 23.5. The number of aromatic nitrogens is 2. The number of fused-ring (bicyclic) bond motifs is 2. The number of allylic oxidation sites excluding steroid dienone is 1. The summed E-state index contributed by atoms with van der Waals surface area (Å²) < 4.78 is 5.16. The zero-order valence-corrected chi connectivity index (χ0v) is 20.2. The Labute approximate surface area is 196 Å². The molecule has 3 aliphatic rings. The average molecular weight is 457 g/mol. The maximum Gasteiger partial charge on any atom is 0.407 e. The maximum absolute atomic E-state index is 11.9. The number of likely N-dealkylation sites (tertiary alicyclic amines) is 1. The third kappa shape index (κ3) is 4.84. The van der Waals surface area contributed by atoms with E-state index in [1.54, 1.807) is 4.90 Å². The minimum absolute atomic E-state index is 0.0106. The number of ether oxygens (including phenoxy) is 1. The summed E-state index contributed by atoms with van der Waals surface area (Å²) in [5, 5.41) is 9.80. The number of rotatable bonds is 4. The lowest BCUT2D eigenvalue weighted by molar-refractivity contribution is -0.148. The highest BCUT2D eigenvalue weighted by Crippen LogP contribution is 2.42. The number of hydrogen-bond donors (Lipinski definition) is 1. The summed E-state index contributed by atoms with van der Waals surface area (Å²) in [4.78, 5) is 37.2. The standard InChI is InChI=1S/C25H36N4O4/c1-5-33-22(30)18-8-6-16(7-9-18)12-17-13-26-23(27-14-17)29-19-10-11-20(29)21(25(2,3)4)28(15-19)24(31)32/h12-14,18-21H,5-11,15H2,1-4H3,(H,31,32). The van der Waals surface area contributed by atoms with Crippen LogP contribution >= 0.6 is 0 Å². The Balaban J connectivity index is 1.46. The number of hydrogen-bond acceptors (Lipinski definition) is 6. The number of esters is 1. The second-order valence-electron chi connectivity index (χ2n) is 10.6. The molecule has 3 unspecified atom stereocenters. The molecule has 1 saturated carbocycles. The third-order valence-corrected chi connectivity index (χ3v) is 7.29. The van der Waals surface area contributed by atoms with E-state index in [0.717, 1.165) is 44.1 Å². The van der Waals surface area contributed by atoms with Crippen LogP contribution < -0.4 is 4.90 Å². The van der Waals surface area contributed by atoms with Crippen molar-refractivity contribution in [1.82, 2.24) is 14.9 Å². The summed E-state index contributed by atoms with van der Waals surface area (Å²) >= 11 is 0. The second kappa shape index (κ2) is 9.31. The van der Waals surface area contributed by atoms with Gasteiger partial charge in [-0.3, -0.25) is 4.79 Å². The molecule has 1 amide bonds. The summed E-state index contributed by atoms with van der Waals surface area (Å²) in [7, 11) is 0. The first-order valence-corrected chi connectivity index (χ1v) is 12.1. The minimum atomic E-state index is -0.841. The first-order valence-electron chi connectivity index (χ1n) is 12.1. The van der Waals surface area contributed by atoms with E-state index in [4.69, 9.17) is 14.7 Å². The summed E-state index contributed by atoms with van der Waals surface area (Å²) in [6.07, 6.45) is 10.4. The van der Waals surface area contributed by atoms with E-state index < -0.39 is 6.09 Å². The fourth-order valence-corrected chi connectivity index (χ4v) is 5.91. The van der Waals surface area contributed by atoms with E-state index in [1.165, 1.54) is 5.57 Å². The fraction of sp³-hybridized carbons (Fsp3) is 0.680. The molecule has 1 aliphatic carbocycles. The van der Waals surface area contributed by atoms with Crippen molar-refractivity contribution in [1.29, 1.82) is 0 Å². The highest BCUT2D eigenvalue weighted by atomic mass is 16.5. The van der Waals surface area contributed by atoms with E-state index in [9.17, 15) is 14.7 Å². The molecule has 1 aromatic heterocycles. The maximum atomic E-state index is 11.9. The Hall–Kier alpha value is -2.64. The average Bonchev–Trinajstić information content (AvgIpc) is 3.05. The number of piperazine rings is 1. The second-order valence-corrected chi connectivity index (χ2v) is 10.6. The molecular formula is C25H36N4O4. The molecule has 3 fully saturated rings. The molecule has 4 rings (SSSR count). The summed E-state index contributed by atoms with van der Waals surface area (Å²) in [5.74, 6) is 0.627. The van der Waals surface area contributed by atoms with Gasteiger partial charge in [-0.05, 0) is 50.9 Å². The van der Waals surface area contributed by atoms with Gasteiger partial charge in [-0.15, -0.1) is 0 Å². The number of carboxylic acid groups (broad SMARTS) is 1. The van der Waals surface area contributed by atoms with Gasteiger partial charge in [0.05, 0.1) is 30.7 Å². The van der Waals surface area contributed by atoms with Gasteiger partial charge in [0.1, 0.15) is 0 Å². The van der Waals surface area contributed by atoms with E-state index in [-0.39, 0.29) is 35.4 Å². The Bertz CT molecular complexity index is 898. The summed E-state index contributed by atoms with van der Waals surface area (Å²) in [5.41, 5.74) is 2.10. The molecule has 8 nitrogen and oxygen atoms in total. The molecule has 2 saturated heterocycles. The van der Waals surface area contributed by atoms with Crippen LogP contribution in [0, 0.1) is 11.3 Å². The van der Waals surface area contributed by atoms with Gasteiger partial charge >= 0.3 is 12.1 Å². The van der Waals surface area contributed by atoms with Crippen LogP contribution in [0.15, 0.2) is 18.0 Å². The molecular weight excluding hydrogens is 420 g/mol. The van der Waals surface area contributed by atoms with Crippen LogP contribution in [0.3, 0.4) is 0 Å². The molecule has 3 heterocycles. The molecule has 0 aromatic carbocycles. The van der Waals surface area contributed by atoms with Crippen molar-refractivity contribution in [2.24, 2.45) is 11.3 Å². The molecule has 3 atom stereocenters. The van der Waals surface area contributed by atoms with E-state index in [2.05, 4.69) is 31.7 Å². The smallest absolute Gasteiger partial charge is 0.407 e. The Morgan fingerprint density at radius 1 is 1.15 bits per heavy atom. The zero-order chi connectivity index (χ0) is 23.8. The van der Waals surface area contributed by atoms with E-state index in [1.807, 2.05) is 19.3 Å². The van der Waals surface area contributed by atoms with Gasteiger partial charge in [0.2, 0.25) is 5.95 Å². The number of nitrogens with zero attached hydrogens (tertiary/aromatic N) is 4. The quantitative estimate of drug-likeness (QED) is 0.673. The van der Waals surface area contributed by atoms with Crippen LogP contribution in [0.4, 0.5) is 10.7 Å². The lowest BCUT2D eigenvalue weighted by atomic mass is 9.80. The predicted molar refractivity (Wildman–Crippen MR) is 126 cm³/mol. The monoisotopic (exact) mass is 456 g/mol. The molecule has 0 radical (unpaired) electrons. The van der Waals surface area contributed by atoms with Crippen molar-refractivity contribution in [2.45, 2.75) is 84.3 Å². The van der Waals surface area contributed by atoms with Gasteiger partial charge in [-0.1, -0.05) is 32.4 Å². The predicted octanol–water partition coefficient (Wildman–Crippen LogP) is 4.36. The minimum Gasteiger partial charge on any atom is -0.466 e. The number of carbonyl (C=O) groups excluding carboxylic acids is 1. The SMILES string of the molecule is CCOC(=O)C1CCC(=Cc2cnc(N3C4CCC3C(C(C)(C)C)N(C(=O)O)C4)nc2)CC1. The van der Waals surface area contributed by atoms with Crippen LogP contribution in [0.2, 0.25) is 0 Å². The Morgan fingerprint density at radius 2 is 1.82 bits per heavy atom. The molecule has 33 heavy (non-hydrogen) atoms. The molecule has 1 N–H and O–H groups in total. The number of anilines is 1. The van der Waals surface area contributed by atoms with Gasteiger partial charge in [0.25, 0.3) is 0 Å². The number of amides is 1. The highest BCUT2D eigenvalue weighted by Gasteiger charge is 2.52. The molecule has 2 bridgehead atoms. The zero-order valence-electron chi connectivity index (χ0n) is 20.2. The van der Waals surface area contributed by atoms with Gasteiger partial charge in [0, 0.05) is 24.5 Å². The largest absolute Gasteiger partial charge is 0.466 e. The van der Waals surface area contributed by atoms with Crippen molar-refractivity contribution >= 4 is 24.1 Å². The van der Waals surface area contributed by atoms with Crippen molar-refractivity contribution in [2.75, 3.05) is 18.1 Å². The van der Waals surface area contributed by atoms with Crippen molar-refractivity contribution in [3.8, 4) is 0 Å². The Morgan fingerprint density at radius 3 is 2.39 bits per heavy atom. The Kier molecular flexibility index (Phi) is 6.64. The molecule has 180 valence electrons. The first-order chi connectivity index (χ1) is 15.7. The van der Waals surface area contributed by atoms with Gasteiger partial charge in [0.15, 0.2) is 0 Å². The van der Waals surface area contributed by atoms with Crippen LogP contribution in [0.5, 0.6) is 0 Å². The molecule has 0 spiro atoms. The molecule has 8 heteroatoms. The summed E-state index contributed by atoms with van der Waals surface area (Å²) in [6, 6.07) is 0.1000. The van der Waals surface area contributed by atoms with Crippen LogP contribution in [-0.2, 0) is 9.53 Å². The van der Waals surface area contributed by atoms with Crippen molar-refractivity contribution in [3.63, 3.8) is 0 Å². The van der Waals surface area contributed by atoms with Crippen LogP contribution in [-0.4, -0.2) is 63.3 Å². The molecule has 2 aliphatic heterocycles. The van der Waals surface area contributed by atoms with Gasteiger partial charge in [-0.25, -0.2) is 14.8 Å². The van der Waals surface area contributed by atoms with E-state index >= 15 is 0 Å². The van der Waals surface area contributed by atoms with E-state index in [0.29, 0.717) is 19.1 Å². The normalized spacial score (nSPS) is 27.5. The van der Waals surface area contributed by atoms with Crippen molar-refractivity contribution in [3.05, 3.63) is 23.5 Å². The van der Waals surface area contributed by atoms with Crippen molar-refractivity contribution < 1.29 is 19.4 Å². The highest BCUT2D eigenvalue weighted by molar-refractivity contribution is 5.73. The fourth-order valence-electron chi connectivity index (χ4n) is 5.91. The van der Waals surface area contributed by atoms with Gasteiger partial charge in [-0.2, -0.15) is 0 Å². The third-order valence-electron chi connectivity index (χ3n) is 7.29. The van der Waals surface area contributed by atoms with Gasteiger partial charge < -0.3 is 19.6 Å². The molecule has 1 aromatic rings. The van der Waals surface area contributed by atoms with Crippen LogP contribution in [0.1, 0.15) is 71.8 Å². The van der Waals surface area contributed by atoms with Crippen LogP contribution in [0.25, 0.3) is 6.08 Å². The lowest BCUT2D eigenvalue weighted by Crippen LogP contribution is -2.65.